The van der Waals surface area contributed by atoms with Crippen LogP contribution in [0.2, 0.25) is 0 Å². The smallest absolute Gasteiger partial charge is 0.309 e. The van der Waals surface area contributed by atoms with Crippen LogP contribution in [0.3, 0.4) is 0 Å². The Morgan fingerprint density at radius 1 is 0.767 bits per heavy atom. The van der Waals surface area contributed by atoms with Gasteiger partial charge in [0.05, 0.1) is 10.8 Å². The maximum Gasteiger partial charge on any atom is 0.309 e. The summed E-state index contributed by atoms with van der Waals surface area (Å²) in [5.74, 6) is -1.21. The molecule has 4 heteroatoms. The average Bonchev–Trinajstić information content (AvgIpc) is 3.60. The molecule has 0 unspecified atom stereocenters. The Bertz CT molecular complexity index is 800. The van der Waals surface area contributed by atoms with E-state index in [-0.39, 0.29) is 5.41 Å². The van der Waals surface area contributed by atoms with E-state index >= 15 is 0 Å². The molecule has 1 aromatic rings. The summed E-state index contributed by atoms with van der Waals surface area (Å²) in [7, 11) is 0. The first-order valence-corrected chi connectivity index (χ1v) is 11.8. The molecule has 0 spiro atoms. The average molecular weight is 415 g/mol. The standard InChI is InChI=1S/C26H38O4/c1-18-17-21(9-5-4-7-11-25(13-14-25)23(27)28)20(3)22(19(18)2)10-6-8-12-26(15-16-26)24(29)30/h17H,4-16H2,1-3H3,(H,27,28)(H,29,30). The first-order chi connectivity index (χ1) is 14.2. The maximum absolute atomic E-state index is 11.4. The normalized spacial score (nSPS) is 18.2. The van der Waals surface area contributed by atoms with Gasteiger partial charge in [0.25, 0.3) is 0 Å². The summed E-state index contributed by atoms with van der Waals surface area (Å²) in [4.78, 5) is 22.6. The van der Waals surface area contributed by atoms with Crippen LogP contribution in [0, 0.1) is 31.6 Å². The fourth-order valence-corrected chi connectivity index (χ4v) is 4.99. The Morgan fingerprint density at radius 3 is 1.77 bits per heavy atom. The molecular formula is C26H38O4. The van der Waals surface area contributed by atoms with Crippen molar-refractivity contribution in [2.45, 2.75) is 104 Å². The highest BCUT2D eigenvalue weighted by atomic mass is 16.4. The van der Waals surface area contributed by atoms with Gasteiger partial charge in [0.15, 0.2) is 0 Å². The first kappa shape index (κ1) is 22.8. The summed E-state index contributed by atoms with van der Waals surface area (Å²) in [5, 5.41) is 18.6. The van der Waals surface area contributed by atoms with Crippen LogP contribution in [0.15, 0.2) is 6.07 Å². The molecule has 2 aliphatic rings. The van der Waals surface area contributed by atoms with E-state index in [0.29, 0.717) is 0 Å². The summed E-state index contributed by atoms with van der Waals surface area (Å²) in [6, 6.07) is 2.33. The molecule has 30 heavy (non-hydrogen) atoms. The van der Waals surface area contributed by atoms with Gasteiger partial charge in [-0.1, -0.05) is 25.3 Å². The zero-order valence-electron chi connectivity index (χ0n) is 19.0. The van der Waals surface area contributed by atoms with Gasteiger partial charge in [0.2, 0.25) is 0 Å². The number of aliphatic carboxylic acids is 2. The van der Waals surface area contributed by atoms with E-state index in [1.807, 2.05) is 0 Å². The predicted molar refractivity (Wildman–Crippen MR) is 119 cm³/mol. The number of carboxylic acid groups (broad SMARTS) is 2. The van der Waals surface area contributed by atoms with Crippen LogP contribution in [0.5, 0.6) is 0 Å². The van der Waals surface area contributed by atoms with Crippen molar-refractivity contribution in [1.29, 1.82) is 0 Å². The highest BCUT2D eigenvalue weighted by Crippen LogP contribution is 2.50. The van der Waals surface area contributed by atoms with Gasteiger partial charge in [-0.15, -0.1) is 0 Å². The first-order valence-electron chi connectivity index (χ1n) is 11.8. The van der Waals surface area contributed by atoms with Crippen molar-refractivity contribution in [3.05, 3.63) is 33.9 Å². The van der Waals surface area contributed by atoms with Crippen LogP contribution in [0.4, 0.5) is 0 Å². The quantitative estimate of drug-likeness (QED) is 0.379. The van der Waals surface area contributed by atoms with Gasteiger partial charge in [-0.3, -0.25) is 9.59 Å². The number of benzene rings is 1. The number of unbranched alkanes of at least 4 members (excludes halogenated alkanes) is 3. The van der Waals surface area contributed by atoms with Crippen LogP contribution in [-0.2, 0) is 22.4 Å². The fourth-order valence-electron chi connectivity index (χ4n) is 4.99. The van der Waals surface area contributed by atoms with Crippen LogP contribution in [-0.4, -0.2) is 22.2 Å². The van der Waals surface area contributed by atoms with Crippen molar-refractivity contribution < 1.29 is 19.8 Å². The van der Waals surface area contributed by atoms with E-state index in [1.165, 1.54) is 27.8 Å². The van der Waals surface area contributed by atoms with Gasteiger partial charge in [-0.2, -0.15) is 0 Å². The van der Waals surface area contributed by atoms with Gasteiger partial charge >= 0.3 is 11.9 Å². The van der Waals surface area contributed by atoms with Crippen molar-refractivity contribution in [3.63, 3.8) is 0 Å². The molecule has 0 saturated heterocycles. The molecule has 0 aliphatic heterocycles. The van der Waals surface area contributed by atoms with Crippen molar-refractivity contribution >= 4 is 11.9 Å². The summed E-state index contributed by atoms with van der Waals surface area (Å²) >= 11 is 0. The maximum atomic E-state index is 11.4. The monoisotopic (exact) mass is 414 g/mol. The minimum atomic E-state index is -0.608. The molecule has 1 aromatic carbocycles. The summed E-state index contributed by atoms with van der Waals surface area (Å²) < 4.78 is 0. The lowest BCUT2D eigenvalue weighted by atomic mass is 9.87. The Hall–Kier alpha value is -1.84. The summed E-state index contributed by atoms with van der Waals surface area (Å²) in [6.07, 6.45) is 12.4. The van der Waals surface area contributed by atoms with Crippen molar-refractivity contribution in [1.82, 2.24) is 0 Å². The molecule has 0 radical (unpaired) electrons. The van der Waals surface area contributed by atoms with E-state index in [9.17, 15) is 19.8 Å². The second kappa shape index (κ2) is 9.11. The molecule has 4 nitrogen and oxygen atoms in total. The lowest BCUT2D eigenvalue weighted by molar-refractivity contribution is -0.144. The minimum Gasteiger partial charge on any atom is -0.481 e. The molecule has 2 aliphatic carbocycles. The molecule has 2 fully saturated rings. The van der Waals surface area contributed by atoms with Gasteiger partial charge in [-0.25, -0.2) is 0 Å². The molecule has 0 amide bonds. The SMILES string of the molecule is Cc1cc(CCCCCC2(C(=O)O)CC2)c(C)c(CCCCC2(C(=O)O)CC2)c1C. The van der Waals surface area contributed by atoms with Crippen molar-refractivity contribution in [2.24, 2.45) is 10.8 Å². The minimum absolute atomic E-state index is 0.386. The van der Waals surface area contributed by atoms with Gasteiger partial charge in [0, 0.05) is 0 Å². The topological polar surface area (TPSA) is 74.6 Å². The van der Waals surface area contributed by atoms with Crippen molar-refractivity contribution in [2.75, 3.05) is 0 Å². The predicted octanol–water partition coefficient (Wildman–Crippen LogP) is 6.16. The molecule has 166 valence electrons. The number of hydrogen-bond acceptors (Lipinski definition) is 2. The third-order valence-electron chi connectivity index (χ3n) is 7.92. The number of aryl methyl sites for hydroxylation is 2. The van der Waals surface area contributed by atoms with E-state index in [4.69, 9.17) is 0 Å². The van der Waals surface area contributed by atoms with Crippen LogP contribution in [0.1, 0.15) is 98.4 Å². The van der Waals surface area contributed by atoms with Gasteiger partial charge in [0.1, 0.15) is 0 Å². The number of hydrogen-bond donors (Lipinski definition) is 2. The van der Waals surface area contributed by atoms with Crippen LogP contribution in [0.25, 0.3) is 0 Å². The molecule has 2 N–H and O–H groups in total. The van der Waals surface area contributed by atoms with Gasteiger partial charge < -0.3 is 10.2 Å². The molecular weight excluding hydrogens is 376 g/mol. The van der Waals surface area contributed by atoms with Crippen molar-refractivity contribution in [3.8, 4) is 0 Å². The second-order valence-corrected chi connectivity index (χ2v) is 10.0. The Morgan fingerprint density at radius 2 is 1.27 bits per heavy atom. The molecule has 0 bridgehead atoms. The highest BCUT2D eigenvalue weighted by Gasteiger charge is 2.49. The molecule has 0 heterocycles. The second-order valence-electron chi connectivity index (χ2n) is 10.0. The van der Waals surface area contributed by atoms with E-state index in [1.54, 1.807) is 0 Å². The number of carboxylic acids is 2. The highest BCUT2D eigenvalue weighted by molar-refractivity contribution is 5.78. The molecule has 2 saturated carbocycles. The Kier molecular flexibility index (Phi) is 6.94. The number of rotatable bonds is 13. The lowest BCUT2D eigenvalue weighted by Gasteiger charge is -2.18. The third-order valence-corrected chi connectivity index (χ3v) is 7.92. The van der Waals surface area contributed by atoms with Crippen LogP contribution >= 0.6 is 0 Å². The van der Waals surface area contributed by atoms with E-state index in [2.05, 4.69) is 26.8 Å². The van der Waals surface area contributed by atoms with Crippen LogP contribution < -0.4 is 0 Å². The molecule has 0 atom stereocenters. The zero-order chi connectivity index (χ0) is 21.9. The molecule has 0 aromatic heterocycles. The Labute approximate surface area is 181 Å². The third kappa shape index (κ3) is 5.07. The Balaban J connectivity index is 1.48. The summed E-state index contributed by atoms with van der Waals surface area (Å²) in [6.45, 7) is 6.64. The largest absolute Gasteiger partial charge is 0.481 e. The summed E-state index contributed by atoms with van der Waals surface area (Å²) in [5.41, 5.74) is 6.22. The lowest BCUT2D eigenvalue weighted by Crippen LogP contribution is -2.14. The molecule has 3 rings (SSSR count). The zero-order valence-corrected chi connectivity index (χ0v) is 19.0. The number of carbonyl (C=O) groups is 2. The van der Waals surface area contributed by atoms with E-state index < -0.39 is 17.4 Å². The fraction of sp³-hybridized carbons (Fsp3) is 0.692. The van der Waals surface area contributed by atoms with Gasteiger partial charge in [-0.05, 0) is 113 Å². The van der Waals surface area contributed by atoms with E-state index in [0.717, 1.165) is 83.5 Å².